The van der Waals surface area contributed by atoms with Gasteiger partial charge in [0, 0.05) is 18.7 Å². The Morgan fingerprint density at radius 1 is 1.17 bits per heavy atom. The number of hydrogen-bond donors (Lipinski definition) is 1. The molecule has 2 aliphatic heterocycles. The summed E-state index contributed by atoms with van der Waals surface area (Å²) in [6.07, 6.45) is 2.15. The molecule has 1 fully saturated rings. The third-order valence-corrected chi connectivity index (χ3v) is 4.47. The van der Waals surface area contributed by atoms with Gasteiger partial charge in [-0.3, -0.25) is 9.59 Å². The molecule has 0 atom stereocenters. The molecule has 1 aromatic rings. The molecule has 0 bridgehead atoms. The summed E-state index contributed by atoms with van der Waals surface area (Å²) in [4.78, 5) is 27.1. The molecule has 5 nitrogen and oxygen atoms in total. The minimum Gasteiger partial charge on any atom is -0.378 e. The number of amides is 1. The lowest BCUT2D eigenvalue weighted by Crippen LogP contribution is -2.44. The number of hydrogen-bond acceptors (Lipinski definition) is 4. The quantitative estimate of drug-likeness (QED) is 0.670. The Labute approximate surface area is 142 Å². The number of nitrogens with one attached hydrogen (secondary N) is 1. The lowest BCUT2D eigenvalue weighted by Gasteiger charge is -2.33. The first-order valence-electron chi connectivity index (χ1n) is 8.32. The zero-order valence-electron chi connectivity index (χ0n) is 14.7. The molecule has 0 aliphatic carbocycles. The summed E-state index contributed by atoms with van der Waals surface area (Å²) in [5.41, 5.74) is 4.04. The highest BCUT2D eigenvalue weighted by molar-refractivity contribution is 6.44. The highest BCUT2D eigenvalue weighted by atomic mass is 16.5. The van der Waals surface area contributed by atoms with Gasteiger partial charge in [0.25, 0.3) is 11.7 Å². The predicted molar refractivity (Wildman–Crippen MR) is 94.3 cm³/mol. The Bertz CT molecular complexity index is 728. The van der Waals surface area contributed by atoms with Gasteiger partial charge in [-0.2, -0.15) is 0 Å². The number of benzene rings is 1. The first-order valence-corrected chi connectivity index (χ1v) is 8.32. The van der Waals surface area contributed by atoms with E-state index in [-0.39, 0.29) is 5.54 Å². The van der Waals surface area contributed by atoms with Crippen molar-refractivity contribution >= 4 is 23.0 Å². The molecule has 128 valence electrons. The van der Waals surface area contributed by atoms with Gasteiger partial charge in [0.1, 0.15) is 0 Å². The summed E-state index contributed by atoms with van der Waals surface area (Å²) < 4.78 is 5.26. The van der Waals surface area contributed by atoms with Crippen LogP contribution in [-0.4, -0.2) is 48.4 Å². The maximum atomic E-state index is 12.9. The van der Waals surface area contributed by atoms with Gasteiger partial charge < -0.3 is 15.0 Å². The number of allylic oxidation sites excluding steroid dienone is 1. The lowest BCUT2D eigenvalue weighted by molar-refractivity contribution is -0.130. The van der Waals surface area contributed by atoms with Crippen LogP contribution in [-0.2, 0) is 9.53 Å². The van der Waals surface area contributed by atoms with Gasteiger partial charge in [0.2, 0.25) is 0 Å². The number of nitrogens with zero attached hydrogens (tertiary/aromatic N) is 1. The molecular weight excluding hydrogens is 304 g/mol. The van der Waals surface area contributed by atoms with Gasteiger partial charge in [-0.15, -0.1) is 0 Å². The number of aryl methyl sites for hydroxylation is 1. The van der Waals surface area contributed by atoms with E-state index in [4.69, 9.17) is 4.74 Å². The van der Waals surface area contributed by atoms with E-state index in [0.29, 0.717) is 31.9 Å². The smallest absolute Gasteiger partial charge is 0.295 e. The van der Waals surface area contributed by atoms with E-state index in [9.17, 15) is 9.59 Å². The molecular formula is C19H24N2O3. The summed E-state index contributed by atoms with van der Waals surface area (Å²) in [6.45, 7) is 10.00. The molecule has 24 heavy (non-hydrogen) atoms. The number of fused-ring (bicyclic) bond motifs is 1. The van der Waals surface area contributed by atoms with Crippen molar-refractivity contribution in [1.82, 2.24) is 4.90 Å². The van der Waals surface area contributed by atoms with Gasteiger partial charge in [0.15, 0.2) is 0 Å². The highest BCUT2D eigenvalue weighted by Crippen LogP contribution is 2.37. The van der Waals surface area contributed by atoms with E-state index >= 15 is 0 Å². The van der Waals surface area contributed by atoms with Crippen LogP contribution in [0.4, 0.5) is 5.69 Å². The summed E-state index contributed by atoms with van der Waals surface area (Å²) in [5, 5.41) is 3.41. The van der Waals surface area contributed by atoms with Crippen molar-refractivity contribution in [2.24, 2.45) is 0 Å². The van der Waals surface area contributed by atoms with E-state index in [0.717, 1.165) is 22.4 Å². The van der Waals surface area contributed by atoms with Crippen LogP contribution < -0.4 is 5.32 Å². The topological polar surface area (TPSA) is 58.6 Å². The molecule has 1 amide bonds. The Morgan fingerprint density at radius 2 is 1.83 bits per heavy atom. The largest absolute Gasteiger partial charge is 0.378 e. The Morgan fingerprint density at radius 3 is 2.50 bits per heavy atom. The van der Waals surface area contributed by atoms with Gasteiger partial charge in [-0.1, -0.05) is 6.08 Å². The SMILES string of the molecule is CC1=CC(C)(C)Nc2c(C(=O)C(=O)N3CCOCC3)cc(C)cc21. The van der Waals surface area contributed by atoms with Gasteiger partial charge in [-0.25, -0.2) is 0 Å². The number of Topliss-reactive ketones (excluding diaryl/α,β-unsaturated/α-hetero) is 1. The van der Waals surface area contributed by atoms with Crippen LogP contribution in [0.3, 0.4) is 0 Å². The standard InChI is InChI=1S/C19H24N2O3/c1-12-9-14-13(2)11-19(3,4)20-16(14)15(10-12)17(22)18(23)21-5-7-24-8-6-21/h9-11,20H,5-8H2,1-4H3. The molecule has 2 heterocycles. The Balaban J connectivity index is 2.01. The van der Waals surface area contributed by atoms with Crippen molar-refractivity contribution in [2.45, 2.75) is 33.2 Å². The minimum absolute atomic E-state index is 0.261. The number of ketones is 1. The molecule has 5 heteroatoms. The Hall–Kier alpha value is -2.14. The van der Waals surface area contributed by atoms with Crippen LogP contribution in [0.25, 0.3) is 5.57 Å². The molecule has 0 spiro atoms. The molecule has 0 unspecified atom stereocenters. The predicted octanol–water partition coefficient (Wildman–Crippen LogP) is 2.64. The fourth-order valence-electron chi connectivity index (χ4n) is 3.41. The van der Waals surface area contributed by atoms with Crippen LogP contribution in [0, 0.1) is 6.92 Å². The molecule has 1 N–H and O–H groups in total. The zero-order chi connectivity index (χ0) is 17.5. The van der Waals surface area contributed by atoms with E-state index in [1.807, 2.05) is 13.8 Å². The summed E-state index contributed by atoms with van der Waals surface area (Å²) in [5.74, 6) is -0.896. The van der Waals surface area contributed by atoms with Crippen molar-refractivity contribution in [3.63, 3.8) is 0 Å². The summed E-state index contributed by atoms with van der Waals surface area (Å²) >= 11 is 0. The van der Waals surface area contributed by atoms with E-state index in [2.05, 4.69) is 31.3 Å². The molecule has 3 rings (SSSR count). The summed E-state index contributed by atoms with van der Waals surface area (Å²) in [6, 6.07) is 3.86. The average Bonchev–Trinajstić information content (AvgIpc) is 2.54. The van der Waals surface area contributed by atoms with Crippen molar-refractivity contribution in [2.75, 3.05) is 31.6 Å². The maximum absolute atomic E-state index is 12.9. The van der Waals surface area contributed by atoms with Crippen molar-refractivity contribution in [1.29, 1.82) is 0 Å². The van der Waals surface area contributed by atoms with Crippen LogP contribution in [0.1, 0.15) is 42.3 Å². The minimum atomic E-state index is -0.449. The molecule has 0 saturated carbocycles. The second-order valence-electron chi connectivity index (χ2n) is 7.14. The second-order valence-corrected chi connectivity index (χ2v) is 7.14. The fourth-order valence-corrected chi connectivity index (χ4v) is 3.41. The number of ether oxygens (including phenoxy) is 1. The molecule has 0 aromatic heterocycles. The van der Waals surface area contributed by atoms with E-state index in [1.165, 1.54) is 0 Å². The third kappa shape index (κ3) is 3.08. The van der Waals surface area contributed by atoms with Crippen LogP contribution in [0.5, 0.6) is 0 Å². The van der Waals surface area contributed by atoms with Crippen molar-refractivity contribution in [3.05, 3.63) is 34.9 Å². The van der Waals surface area contributed by atoms with E-state index < -0.39 is 11.7 Å². The third-order valence-electron chi connectivity index (χ3n) is 4.47. The van der Waals surface area contributed by atoms with Crippen molar-refractivity contribution < 1.29 is 14.3 Å². The number of rotatable bonds is 2. The van der Waals surface area contributed by atoms with Crippen molar-refractivity contribution in [3.8, 4) is 0 Å². The number of anilines is 1. The number of carbonyl (C=O) groups is 2. The monoisotopic (exact) mass is 328 g/mol. The second kappa shape index (κ2) is 6.06. The molecule has 0 radical (unpaired) electrons. The van der Waals surface area contributed by atoms with Crippen LogP contribution in [0.2, 0.25) is 0 Å². The Kier molecular flexibility index (Phi) is 4.22. The molecule has 2 aliphatic rings. The maximum Gasteiger partial charge on any atom is 0.295 e. The van der Waals surface area contributed by atoms with Crippen LogP contribution in [0.15, 0.2) is 18.2 Å². The van der Waals surface area contributed by atoms with Gasteiger partial charge in [0.05, 0.1) is 30.0 Å². The van der Waals surface area contributed by atoms with Gasteiger partial charge in [-0.05, 0) is 51.0 Å². The summed E-state index contributed by atoms with van der Waals surface area (Å²) in [7, 11) is 0. The average molecular weight is 328 g/mol. The zero-order valence-corrected chi connectivity index (χ0v) is 14.7. The first-order chi connectivity index (χ1) is 11.3. The lowest BCUT2D eigenvalue weighted by atomic mass is 9.87. The molecule has 1 aromatic carbocycles. The number of morpholine rings is 1. The number of carbonyl (C=O) groups excluding carboxylic acids is 2. The van der Waals surface area contributed by atoms with Crippen LogP contribution >= 0.6 is 0 Å². The normalized spacial score (nSPS) is 19.2. The first kappa shape index (κ1) is 16.7. The van der Waals surface area contributed by atoms with Gasteiger partial charge >= 0.3 is 0 Å². The fraction of sp³-hybridized carbons (Fsp3) is 0.474. The molecule has 1 saturated heterocycles. The van der Waals surface area contributed by atoms with E-state index in [1.54, 1.807) is 11.0 Å². The highest BCUT2D eigenvalue weighted by Gasteiger charge is 2.31.